The number of halogens is 3. The topological polar surface area (TPSA) is 79.7 Å². The van der Waals surface area contributed by atoms with E-state index in [4.69, 9.17) is 4.74 Å². The van der Waals surface area contributed by atoms with Crippen LogP contribution in [-0.4, -0.2) is 28.2 Å². The van der Waals surface area contributed by atoms with Crippen molar-refractivity contribution in [2.75, 3.05) is 4.90 Å². The molecule has 1 N–H and O–H groups in total. The van der Waals surface area contributed by atoms with Gasteiger partial charge in [0.1, 0.15) is 5.82 Å². The molecule has 0 saturated carbocycles. The molecule has 1 amide bonds. The van der Waals surface area contributed by atoms with Gasteiger partial charge in [0.05, 0.1) is 17.8 Å². The second-order valence-corrected chi connectivity index (χ2v) is 6.57. The molecule has 3 aromatic rings. The average molecular weight is 427 g/mol. The number of rotatable bonds is 6. The van der Waals surface area contributed by atoms with Gasteiger partial charge in [-0.1, -0.05) is 6.07 Å². The Bertz CT molecular complexity index is 1090. The Kier molecular flexibility index (Phi) is 5.78. The van der Waals surface area contributed by atoms with E-state index in [9.17, 15) is 18.0 Å². The third kappa shape index (κ3) is 4.63. The van der Waals surface area contributed by atoms with E-state index in [1.165, 1.54) is 35.5 Å². The summed E-state index contributed by atoms with van der Waals surface area (Å²) in [6.07, 6.45) is 0.723. The number of benzene rings is 1. The highest BCUT2D eigenvalue weighted by Crippen LogP contribution is 2.23. The molecule has 0 bridgehead atoms. The number of anilines is 1. The lowest BCUT2D eigenvalue weighted by atomic mass is 10.2. The van der Waals surface area contributed by atoms with Gasteiger partial charge in [-0.25, -0.2) is 4.39 Å². The molecule has 7 nitrogen and oxygen atoms in total. The Hall–Kier alpha value is -3.95. The molecule has 1 aliphatic heterocycles. The van der Waals surface area contributed by atoms with Crippen molar-refractivity contribution in [2.45, 2.75) is 19.2 Å². The molecule has 3 heterocycles. The van der Waals surface area contributed by atoms with Crippen LogP contribution >= 0.6 is 0 Å². The minimum Gasteiger partial charge on any atom is -0.446 e. The highest BCUT2D eigenvalue weighted by atomic mass is 19.3. The summed E-state index contributed by atoms with van der Waals surface area (Å²) >= 11 is 0. The molecule has 2 aromatic heterocycles. The van der Waals surface area contributed by atoms with Crippen LogP contribution in [-0.2, 0) is 11.3 Å². The predicted molar refractivity (Wildman–Crippen MR) is 106 cm³/mol. The lowest BCUT2D eigenvalue weighted by molar-refractivity contribution is 0.0984. The normalized spacial score (nSPS) is 15.2. The van der Waals surface area contributed by atoms with E-state index < -0.39 is 24.4 Å². The fourth-order valence-electron chi connectivity index (χ4n) is 2.95. The Labute approximate surface area is 175 Å². The molecule has 1 aromatic carbocycles. The number of aromatic nitrogens is 2. The number of hydrogen-bond donors (Lipinski definition) is 1. The monoisotopic (exact) mass is 427 g/mol. The summed E-state index contributed by atoms with van der Waals surface area (Å²) in [5.41, 5.74) is 4.15. The SMILES string of the molecule is O=C(c1cccnc1)N(Cc1ccc(C2NN=C(C(F)F)O2)cn1)c1cccc(F)c1. The van der Waals surface area contributed by atoms with Crippen LogP contribution < -0.4 is 10.3 Å². The zero-order valence-corrected chi connectivity index (χ0v) is 16.0. The van der Waals surface area contributed by atoms with Crippen LogP contribution in [0.4, 0.5) is 18.9 Å². The maximum Gasteiger partial charge on any atom is 0.314 e. The van der Waals surface area contributed by atoms with Gasteiger partial charge in [-0.2, -0.15) is 8.78 Å². The highest BCUT2D eigenvalue weighted by molar-refractivity contribution is 6.05. The van der Waals surface area contributed by atoms with Gasteiger partial charge >= 0.3 is 6.43 Å². The molecule has 1 unspecified atom stereocenters. The summed E-state index contributed by atoms with van der Waals surface area (Å²) in [7, 11) is 0. The van der Waals surface area contributed by atoms with Crippen LogP contribution in [0.25, 0.3) is 0 Å². The number of nitrogens with one attached hydrogen (secondary N) is 1. The summed E-state index contributed by atoms with van der Waals surface area (Å²) in [4.78, 5) is 22.7. The van der Waals surface area contributed by atoms with Gasteiger partial charge in [0.2, 0.25) is 6.23 Å². The number of carbonyl (C=O) groups is 1. The minimum atomic E-state index is -2.82. The van der Waals surface area contributed by atoms with Gasteiger partial charge in [0.15, 0.2) is 0 Å². The smallest absolute Gasteiger partial charge is 0.314 e. The van der Waals surface area contributed by atoms with Crippen LogP contribution in [0.3, 0.4) is 0 Å². The minimum absolute atomic E-state index is 0.0508. The van der Waals surface area contributed by atoms with Gasteiger partial charge < -0.3 is 9.64 Å². The molecule has 1 aliphatic rings. The Balaban J connectivity index is 1.55. The Morgan fingerprint density at radius 1 is 1.16 bits per heavy atom. The molecule has 0 aliphatic carbocycles. The molecular formula is C21H16F3N5O2. The van der Waals surface area contributed by atoms with Crippen LogP contribution in [0.5, 0.6) is 0 Å². The van der Waals surface area contributed by atoms with E-state index in [0.29, 0.717) is 22.5 Å². The molecular weight excluding hydrogens is 411 g/mol. The molecule has 158 valence electrons. The van der Waals surface area contributed by atoms with E-state index in [2.05, 4.69) is 20.5 Å². The summed E-state index contributed by atoms with van der Waals surface area (Å²) in [6.45, 7) is 0.0508. The number of hydrogen-bond acceptors (Lipinski definition) is 6. The second-order valence-electron chi connectivity index (χ2n) is 6.57. The van der Waals surface area contributed by atoms with E-state index >= 15 is 0 Å². The molecule has 4 rings (SSSR count). The van der Waals surface area contributed by atoms with Crippen molar-refractivity contribution in [1.29, 1.82) is 0 Å². The number of alkyl halides is 2. The van der Waals surface area contributed by atoms with Crippen molar-refractivity contribution >= 4 is 17.5 Å². The zero-order valence-electron chi connectivity index (χ0n) is 16.0. The maximum absolute atomic E-state index is 13.8. The van der Waals surface area contributed by atoms with Crippen molar-refractivity contribution in [3.63, 3.8) is 0 Å². The first-order chi connectivity index (χ1) is 15.0. The van der Waals surface area contributed by atoms with Crippen molar-refractivity contribution in [1.82, 2.24) is 15.4 Å². The molecule has 1 atom stereocenters. The van der Waals surface area contributed by atoms with E-state index in [1.807, 2.05) is 0 Å². The molecule has 0 fully saturated rings. The number of carbonyl (C=O) groups excluding carboxylic acids is 1. The second kappa shape index (κ2) is 8.82. The summed E-state index contributed by atoms with van der Waals surface area (Å²) in [5.74, 6) is -1.54. The van der Waals surface area contributed by atoms with Crippen molar-refractivity contribution in [2.24, 2.45) is 5.10 Å². The third-order valence-corrected chi connectivity index (χ3v) is 4.46. The van der Waals surface area contributed by atoms with Gasteiger partial charge in [-0.15, -0.1) is 5.10 Å². The fraction of sp³-hybridized carbons (Fsp3) is 0.143. The van der Waals surface area contributed by atoms with E-state index in [-0.39, 0.29) is 12.5 Å². The maximum atomic E-state index is 13.8. The Morgan fingerprint density at radius 3 is 2.68 bits per heavy atom. The summed E-state index contributed by atoms with van der Waals surface area (Å²) < 4.78 is 44.2. The van der Waals surface area contributed by atoms with Crippen LogP contribution in [0.1, 0.15) is 27.8 Å². The number of amides is 1. The van der Waals surface area contributed by atoms with Gasteiger partial charge in [-0.05, 0) is 42.5 Å². The van der Waals surface area contributed by atoms with Crippen LogP contribution in [0.2, 0.25) is 0 Å². The van der Waals surface area contributed by atoms with Gasteiger partial charge in [0.25, 0.3) is 11.8 Å². The van der Waals surface area contributed by atoms with Crippen LogP contribution in [0, 0.1) is 5.82 Å². The van der Waals surface area contributed by atoms with E-state index in [0.717, 1.165) is 0 Å². The first-order valence-electron chi connectivity index (χ1n) is 9.21. The van der Waals surface area contributed by atoms with E-state index in [1.54, 1.807) is 36.5 Å². The third-order valence-electron chi connectivity index (χ3n) is 4.46. The van der Waals surface area contributed by atoms with Gasteiger partial charge in [0, 0.05) is 29.8 Å². The number of hydrazone groups is 1. The molecule has 0 radical (unpaired) electrons. The standard InChI is InChI=1S/C21H16F3N5O2/c22-15-4-1-5-17(9-15)29(21(30)14-3-2-8-25-10-14)12-16-7-6-13(11-26-16)19-27-28-20(31-19)18(23)24/h1-11,18-19,27H,12H2. The van der Waals surface area contributed by atoms with Crippen LogP contribution in [0.15, 0.2) is 72.2 Å². The van der Waals surface area contributed by atoms with Crippen molar-refractivity contribution < 1.29 is 22.7 Å². The lowest BCUT2D eigenvalue weighted by Gasteiger charge is -2.23. The highest BCUT2D eigenvalue weighted by Gasteiger charge is 2.27. The average Bonchev–Trinajstić information content (AvgIpc) is 3.29. The first kappa shape index (κ1) is 20.3. The quantitative estimate of drug-likeness (QED) is 0.650. The zero-order chi connectivity index (χ0) is 21.8. The number of ether oxygens (including phenoxy) is 1. The number of pyridine rings is 2. The predicted octanol–water partition coefficient (Wildman–Crippen LogP) is 3.66. The van der Waals surface area contributed by atoms with Gasteiger partial charge in [-0.3, -0.25) is 20.2 Å². The number of nitrogens with zero attached hydrogens (tertiary/aromatic N) is 4. The molecule has 10 heteroatoms. The lowest BCUT2D eigenvalue weighted by Crippen LogP contribution is -2.31. The summed E-state index contributed by atoms with van der Waals surface area (Å²) in [6, 6.07) is 12.2. The summed E-state index contributed by atoms with van der Waals surface area (Å²) in [5, 5.41) is 3.44. The van der Waals surface area contributed by atoms with Crippen molar-refractivity contribution in [3.8, 4) is 0 Å². The largest absolute Gasteiger partial charge is 0.446 e. The molecule has 0 spiro atoms. The molecule has 0 saturated heterocycles. The van der Waals surface area contributed by atoms with Crippen molar-refractivity contribution in [3.05, 3.63) is 89.8 Å². The Morgan fingerprint density at radius 2 is 2.03 bits per heavy atom. The molecule has 31 heavy (non-hydrogen) atoms. The fourth-order valence-corrected chi connectivity index (χ4v) is 2.95. The first-order valence-corrected chi connectivity index (χ1v) is 9.21.